The highest BCUT2D eigenvalue weighted by Gasteiger charge is 2.27. The van der Waals surface area contributed by atoms with Crippen molar-refractivity contribution >= 4 is 38.7 Å². The van der Waals surface area contributed by atoms with E-state index in [4.69, 9.17) is 4.74 Å². The predicted molar refractivity (Wildman–Crippen MR) is 114 cm³/mol. The van der Waals surface area contributed by atoms with E-state index < -0.39 is 10.0 Å². The first-order valence-electron chi connectivity index (χ1n) is 9.80. The molecular formula is C19H28N4O4S2. The van der Waals surface area contributed by atoms with Crippen molar-refractivity contribution in [1.82, 2.24) is 19.2 Å². The molecule has 8 nitrogen and oxygen atoms in total. The molecule has 0 spiro atoms. The van der Waals surface area contributed by atoms with Gasteiger partial charge in [0.1, 0.15) is 0 Å². The van der Waals surface area contributed by atoms with Crippen molar-refractivity contribution < 1.29 is 17.9 Å². The van der Waals surface area contributed by atoms with Gasteiger partial charge in [0.25, 0.3) is 0 Å². The highest BCUT2D eigenvalue weighted by molar-refractivity contribution is 7.99. The van der Waals surface area contributed by atoms with Crippen molar-refractivity contribution in [2.75, 3.05) is 38.6 Å². The van der Waals surface area contributed by atoms with Gasteiger partial charge in [-0.1, -0.05) is 25.6 Å². The second-order valence-corrected chi connectivity index (χ2v) is 10.2. The van der Waals surface area contributed by atoms with Crippen LogP contribution in [0.25, 0.3) is 11.0 Å². The van der Waals surface area contributed by atoms with Crippen LogP contribution in [0.3, 0.4) is 0 Å². The minimum atomic E-state index is -3.57. The lowest BCUT2D eigenvalue weighted by molar-refractivity contribution is -0.118. The molecule has 0 bridgehead atoms. The molecule has 10 heteroatoms. The smallest absolute Gasteiger partial charge is 0.243 e. The van der Waals surface area contributed by atoms with Crippen LogP contribution in [0, 0.1) is 5.92 Å². The lowest BCUT2D eigenvalue weighted by Crippen LogP contribution is -2.40. The molecule has 1 aliphatic heterocycles. The van der Waals surface area contributed by atoms with Crippen LogP contribution in [0.15, 0.2) is 28.3 Å². The molecule has 1 amide bonds. The zero-order chi connectivity index (χ0) is 21.0. The molecule has 0 unspecified atom stereocenters. The van der Waals surface area contributed by atoms with E-state index in [0.717, 1.165) is 5.52 Å². The van der Waals surface area contributed by atoms with Gasteiger partial charge in [-0.05, 0) is 31.0 Å². The Labute approximate surface area is 176 Å². The Morgan fingerprint density at radius 2 is 2.03 bits per heavy atom. The number of thioether (sulfide) groups is 1. The number of morpholine rings is 1. The topological polar surface area (TPSA) is 93.5 Å². The summed E-state index contributed by atoms with van der Waals surface area (Å²) in [4.78, 5) is 16.9. The van der Waals surface area contributed by atoms with Crippen molar-refractivity contribution in [3.8, 4) is 0 Å². The highest BCUT2D eigenvalue weighted by atomic mass is 32.2. The molecule has 0 saturated carbocycles. The summed E-state index contributed by atoms with van der Waals surface area (Å²) in [6, 6.07) is 5.04. The Hall–Kier alpha value is -1.62. The molecule has 0 atom stereocenters. The van der Waals surface area contributed by atoms with Gasteiger partial charge < -0.3 is 14.6 Å². The van der Waals surface area contributed by atoms with Crippen LogP contribution >= 0.6 is 11.8 Å². The lowest BCUT2D eigenvalue weighted by Gasteiger charge is -2.26. The molecule has 2 heterocycles. The number of amides is 1. The molecule has 1 aromatic heterocycles. The maximum Gasteiger partial charge on any atom is 0.243 e. The third-order valence-corrected chi connectivity index (χ3v) is 7.52. The van der Waals surface area contributed by atoms with Gasteiger partial charge in [-0.2, -0.15) is 4.31 Å². The van der Waals surface area contributed by atoms with E-state index in [0.29, 0.717) is 56.0 Å². The molecule has 2 aromatic rings. The summed E-state index contributed by atoms with van der Waals surface area (Å²) in [7, 11) is -3.57. The molecule has 0 radical (unpaired) electrons. The van der Waals surface area contributed by atoms with Gasteiger partial charge in [0.05, 0.1) is 34.9 Å². The van der Waals surface area contributed by atoms with Gasteiger partial charge in [-0.15, -0.1) is 0 Å². The number of benzene rings is 1. The van der Waals surface area contributed by atoms with Crippen LogP contribution in [0.1, 0.15) is 20.8 Å². The highest BCUT2D eigenvalue weighted by Crippen LogP contribution is 2.27. The fourth-order valence-corrected chi connectivity index (χ4v) is 5.44. The minimum Gasteiger partial charge on any atom is -0.379 e. The molecule has 1 saturated heterocycles. The molecule has 0 aliphatic carbocycles. The van der Waals surface area contributed by atoms with E-state index in [9.17, 15) is 13.2 Å². The number of hydrogen-bond acceptors (Lipinski definition) is 6. The quantitative estimate of drug-likeness (QED) is 0.631. The molecule has 29 heavy (non-hydrogen) atoms. The summed E-state index contributed by atoms with van der Waals surface area (Å²) in [5, 5.41) is 3.61. The van der Waals surface area contributed by atoms with Crippen molar-refractivity contribution in [3.05, 3.63) is 18.2 Å². The molecular weight excluding hydrogens is 412 g/mol. The van der Waals surface area contributed by atoms with Crippen molar-refractivity contribution in [2.45, 2.75) is 37.4 Å². The Kier molecular flexibility index (Phi) is 7.20. The van der Waals surface area contributed by atoms with Gasteiger partial charge in [0.15, 0.2) is 5.16 Å². The second kappa shape index (κ2) is 9.46. The molecule has 160 valence electrons. The number of imidazole rings is 1. The van der Waals surface area contributed by atoms with Crippen LogP contribution in [0.2, 0.25) is 0 Å². The van der Waals surface area contributed by atoms with E-state index in [1.54, 1.807) is 18.2 Å². The Morgan fingerprint density at radius 3 is 2.69 bits per heavy atom. The van der Waals surface area contributed by atoms with Gasteiger partial charge >= 0.3 is 0 Å². The summed E-state index contributed by atoms with van der Waals surface area (Å²) >= 11 is 1.36. The van der Waals surface area contributed by atoms with E-state index in [1.807, 2.05) is 25.3 Å². The summed E-state index contributed by atoms with van der Waals surface area (Å²) in [5.41, 5.74) is 1.48. The maximum absolute atomic E-state index is 12.9. The first-order chi connectivity index (χ1) is 13.8. The molecule has 1 aromatic carbocycles. The van der Waals surface area contributed by atoms with Crippen LogP contribution in [-0.4, -0.2) is 66.8 Å². The monoisotopic (exact) mass is 440 g/mol. The molecule has 1 N–H and O–H groups in total. The fourth-order valence-electron chi connectivity index (χ4n) is 3.10. The third-order valence-electron chi connectivity index (χ3n) is 4.65. The van der Waals surface area contributed by atoms with E-state index >= 15 is 0 Å². The normalized spacial score (nSPS) is 15.9. The van der Waals surface area contributed by atoms with Crippen molar-refractivity contribution in [3.63, 3.8) is 0 Å². The first-order valence-corrected chi connectivity index (χ1v) is 12.2. The van der Waals surface area contributed by atoms with E-state index in [2.05, 4.69) is 10.3 Å². The first kappa shape index (κ1) is 22.1. The van der Waals surface area contributed by atoms with Gasteiger partial charge in [0, 0.05) is 26.2 Å². The SMILES string of the molecule is CCn1c(SCC(=O)NCC(C)C)nc2cc(S(=O)(=O)N3CCOCC3)ccc21. The van der Waals surface area contributed by atoms with Gasteiger partial charge in [-0.3, -0.25) is 4.79 Å². The Bertz CT molecular complexity index is 966. The molecule has 1 fully saturated rings. The number of carbonyl (C=O) groups is 1. The molecule has 3 rings (SSSR count). The standard InChI is InChI=1S/C19H28N4O4S2/c1-4-23-17-6-5-15(29(25,26)22-7-9-27-10-8-22)11-16(17)21-19(23)28-13-18(24)20-12-14(2)3/h5-6,11,14H,4,7-10,12-13H2,1-3H3,(H,20,24). The van der Waals surface area contributed by atoms with Crippen molar-refractivity contribution in [2.24, 2.45) is 5.92 Å². The number of fused-ring (bicyclic) bond motifs is 1. The summed E-state index contributed by atoms with van der Waals surface area (Å²) in [6.07, 6.45) is 0. The zero-order valence-electron chi connectivity index (χ0n) is 17.1. The number of sulfonamides is 1. The molecule has 1 aliphatic rings. The maximum atomic E-state index is 12.9. The number of carbonyl (C=O) groups excluding carboxylic acids is 1. The summed E-state index contributed by atoms with van der Waals surface area (Å²) < 4.78 is 34.5. The number of hydrogen-bond donors (Lipinski definition) is 1. The zero-order valence-corrected chi connectivity index (χ0v) is 18.7. The van der Waals surface area contributed by atoms with Crippen LogP contribution < -0.4 is 5.32 Å². The van der Waals surface area contributed by atoms with E-state index in [-0.39, 0.29) is 16.6 Å². The van der Waals surface area contributed by atoms with Crippen LogP contribution in [-0.2, 0) is 26.1 Å². The van der Waals surface area contributed by atoms with Crippen LogP contribution in [0.4, 0.5) is 0 Å². The predicted octanol–water partition coefficient (Wildman–Crippen LogP) is 1.94. The second-order valence-electron chi connectivity index (χ2n) is 7.29. The number of rotatable bonds is 8. The number of ether oxygens (including phenoxy) is 1. The van der Waals surface area contributed by atoms with Gasteiger partial charge in [0.2, 0.25) is 15.9 Å². The summed E-state index contributed by atoms with van der Waals surface area (Å²) in [6.45, 7) is 8.96. The number of aromatic nitrogens is 2. The average molecular weight is 441 g/mol. The minimum absolute atomic E-state index is 0.0333. The van der Waals surface area contributed by atoms with Crippen LogP contribution in [0.5, 0.6) is 0 Å². The summed E-state index contributed by atoms with van der Waals surface area (Å²) in [5.74, 6) is 0.639. The Morgan fingerprint density at radius 1 is 1.31 bits per heavy atom. The van der Waals surface area contributed by atoms with E-state index in [1.165, 1.54) is 16.1 Å². The lowest BCUT2D eigenvalue weighted by atomic mass is 10.2. The number of nitrogens with one attached hydrogen (secondary N) is 1. The van der Waals surface area contributed by atoms with Crippen molar-refractivity contribution in [1.29, 1.82) is 0 Å². The Balaban J connectivity index is 1.81. The fraction of sp³-hybridized carbons (Fsp3) is 0.579. The van der Waals surface area contributed by atoms with Gasteiger partial charge in [-0.25, -0.2) is 13.4 Å². The third kappa shape index (κ3) is 5.11. The average Bonchev–Trinajstić information content (AvgIpc) is 3.08. The largest absolute Gasteiger partial charge is 0.379 e. The number of aryl methyl sites for hydroxylation is 1. The number of nitrogens with zero attached hydrogens (tertiary/aromatic N) is 3.